The highest BCUT2D eigenvalue weighted by Crippen LogP contribution is 2.39. The second-order valence-corrected chi connectivity index (χ2v) is 7.25. The summed E-state index contributed by atoms with van der Waals surface area (Å²) in [7, 11) is 0. The molecule has 1 atom stereocenters. The predicted octanol–water partition coefficient (Wildman–Crippen LogP) is 6.26. The number of carbonyl (C=O) groups is 1. The number of anilines is 2. The molecule has 5 rings (SSSR count). The fourth-order valence-electron chi connectivity index (χ4n) is 3.83. The van der Waals surface area contributed by atoms with Crippen LogP contribution in [0.2, 0.25) is 5.02 Å². The topological polar surface area (TPSA) is 32.3 Å². The van der Waals surface area contributed by atoms with Crippen LogP contribution in [-0.2, 0) is 0 Å². The predicted molar refractivity (Wildman–Crippen MR) is 115 cm³/mol. The highest BCUT2D eigenvalue weighted by atomic mass is 35.5. The number of fused-ring (bicyclic) bond motifs is 2. The van der Waals surface area contributed by atoms with Crippen LogP contribution < -0.4 is 10.2 Å². The van der Waals surface area contributed by atoms with Gasteiger partial charge in [0.25, 0.3) is 5.91 Å². The van der Waals surface area contributed by atoms with Gasteiger partial charge in [-0.3, -0.25) is 9.69 Å². The van der Waals surface area contributed by atoms with Crippen LogP contribution in [-0.4, -0.2) is 5.91 Å². The van der Waals surface area contributed by atoms with Crippen molar-refractivity contribution in [2.75, 3.05) is 10.2 Å². The van der Waals surface area contributed by atoms with Crippen LogP contribution in [0.3, 0.4) is 0 Å². The standard InChI is InChI=1S/C24H17ClN2O/c25-17-12-14-18(15-13-17)27-23(26-22-11-4-3-9-21(22)24(27)28)20-10-5-7-16-6-1-2-8-19(16)20/h1-15,23,26H. The van der Waals surface area contributed by atoms with Crippen molar-refractivity contribution in [2.45, 2.75) is 6.17 Å². The van der Waals surface area contributed by atoms with E-state index in [2.05, 4.69) is 29.6 Å². The molecular formula is C24H17ClN2O. The van der Waals surface area contributed by atoms with Crippen LogP contribution in [0.4, 0.5) is 11.4 Å². The van der Waals surface area contributed by atoms with E-state index in [1.807, 2.05) is 66.7 Å². The molecule has 0 saturated heterocycles. The third-order valence-corrected chi connectivity index (χ3v) is 5.40. The van der Waals surface area contributed by atoms with Crippen molar-refractivity contribution in [3.8, 4) is 0 Å². The number of nitrogens with zero attached hydrogens (tertiary/aromatic N) is 1. The number of benzene rings is 4. The Morgan fingerprint density at radius 2 is 1.50 bits per heavy atom. The third kappa shape index (κ3) is 2.72. The van der Waals surface area contributed by atoms with E-state index in [0.29, 0.717) is 10.6 Å². The smallest absolute Gasteiger partial charge is 0.262 e. The zero-order valence-corrected chi connectivity index (χ0v) is 15.7. The van der Waals surface area contributed by atoms with Crippen molar-refractivity contribution in [1.82, 2.24) is 0 Å². The largest absolute Gasteiger partial charge is 0.360 e. The molecule has 1 N–H and O–H groups in total. The van der Waals surface area contributed by atoms with Crippen molar-refractivity contribution in [3.05, 3.63) is 107 Å². The van der Waals surface area contributed by atoms with Gasteiger partial charge in [-0.25, -0.2) is 0 Å². The van der Waals surface area contributed by atoms with E-state index in [4.69, 9.17) is 11.6 Å². The second kappa shape index (κ2) is 6.70. The molecule has 0 aromatic heterocycles. The van der Waals surface area contributed by atoms with Crippen LogP contribution in [0, 0.1) is 0 Å². The Labute approximate surface area is 168 Å². The summed E-state index contributed by atoms with van der Waals surface area (Å²) in [5.41, 5.74) is 3.36. The number of para-hydroxylation sites is 1. The van der Waals surface area contributed by atoms with Gasteiger partial charge in [-0.1, -0.05) is 66.2 Å². The molecule has 1 heterocycles. The molecule has 1 aliphatic rings. The Kier molecular flexibility index (Phi) is 4.03. The highest BCUT2D eigenvalue weighted by Gasteiger charge is 2.34. The van der Waals surface area contributed by atoms with Crippen molar-refractivity contribution in [3.63, 3.8) is 0 Å². The monoisotopic (exact) mass is 384 g/mol. The molecule has 136 valence electrons. The number of nitrogens with one attached hydrogen (secondary N) is 1. The van der Waals surface area contributed by atoms with Crippen LogP contribution in [0.15, 0.2) is 91.0 Å². The Bertz CT molecular complexity index is 1180. The van der Waals surface area contributed by atoms with Crippen LogP contribution in [0.25, 0.3) is 10.8 Å². The van der Waals surface area contributed by atoms with Gasteiger partial charge in [0.2, 0.25) is 0 Å². The van der Waals surface area contributed by atoms with E-state index in [9.17, 15) is 4.79 Å². The first-order valence-corrected chi connectivity index (χ1v) is 9.52. The van der Waals surface area contributed by atoms with Gasteiger partial charge in [0, 0.05) is 22.0 Å². The molecule has 0 aliphatic carbocycles. The maximum atomic E-state index is 13.5. The molecule has 4 aromatic rings. The minimum Gasteiger partial charge on any atom is -0.360 e. The van der Waals surface area contributed by atoms with Gasteiger partial charge in [-0.15, -0.1) is 0 Å². The fraction of sp³-hybridized carbons (Fsp3) is 0.0417. The molecule has 0 bridgehead atoms. The Morgan fingerprint density at radius 1 is 0.786 bits per heavy atom. The van der Waals surface area contributed by atoms with Crippen molar-refractivity contribution < 1.29 is 4.79 Å². The van der Waals surface area contributed by atoms with Crippen LogP contribution >= 0.6 is 11.6 Å². The zero-order valence-electron chi connectivity index (χ0n) is 15.0. The average Bonchev–Trinajstić information content (AvgIpc) is 2.74. The molecule has 4 aromatic carbocycles. The molecule has 0 saturated carbocycles. The number of hydrogen-bond donors (Lipinski definition) is 1. The van der Waals surface area contributed by atoms with Gasteiger partial charge in [0.05, 0.1) is 5.56 Å². The van der Waals surface area contributed by atoms with E-state index < -0.39 is 0 Å². The Balaban J connectivity index is 1.73. The van der Waals surface area contributed by atoms with E-state index in [-0.39, 0.29) is 12.1 Å². The summed E-state index contributed by atoms with van der Waals surface area (Å²) in [6.45, 7) is 0. The molecule has 1 amide bonds. The summed E-state index contributed by atoms with van der Waals surface area (Å²) in [6, 6.07) is 29.4. The lowest BCUT2D eigenvalue weighted by Gasteiger charge is -2.38. The summed E-state index contributed by atoms with van der Waals surface area (Å²) in [4.78, 5) is 15.3. The first kappa shape index (κ1) is 16.8. The zero-order chi connectivity index (χ0) is 19.1. The summed E-state index contributed by atoms with van der Waals surface area (Å²) in [5.74, 6) is -0.0328. The fourth-order valence-corrected chi connectivity index (χ4v) is 3.95. The average molecular weight is 385 g/mol. The molecule has 0 radical (unpaired) electrons. The van der Waals surface area contributed by atoms with Gasteiger partial charge >= 0.3 is 0 Å². The number of amides is 1. The minimum absolute atomic E-state index is 0.0328. The summed E-state index contributed by atoms with van der Waals surface area (Å²) >= 11 is 6.08. The SMILES string of the molecule is O=C1c2ccccc2NC(c2cccc3ccccc23)N1c1ccc(Cl)cc1. The van der Waals surface area contributed by atoms with Gasteiger partial charge in [-0.05, 0) is 47.2 Å². The lowest BCUT2D eigenvalue weighted by atomic mass is 9.98. The normalized spacial score (nSPS) is 16.0. The van der Waals surface area contributed by atoms with Crippen molar-refractivity contribution in [1.29, 1.82) is 0 Å². The number of hydrogen-bond acceptors (Lipinski definition) is 2. The van der Waals surface area contributed by atoms with Gasteiger partial charge in [-0.2, -0.15) is 0 Å². The molecule has 1 aliphatic heterocycles. The number of rotatable bonds is 2. The second-order valence-electron chi connectivity index (χ2n) is 6.81. The Hall–Kier alpha value is -3.30. The molecular weight excluding hydrogens is 368 g/mol. The van der Waals surface area contributed by atoms with Gasteiger partial charge < -0.3 is 5.32 Å². The first-order valence-electron chi connectivity index (χ1n) is 9.15. The van der Waals surface area contributed by atoms with Gasteiger partial charge in [0.1, 0.15) is 6.17 Å². The van der Waals surface area contributed by atoms with Crippen LogP contribution in [0.5, 0.6) is 0 Å². The third-order valence-electron chi connectivity index (χ3n) is 5.15. The summed E-state index contributed by atoms with van der Waals surface area (Å²) in [6.07, 6.45) is -0.324. The lowest BCUT2D eigenvalue weighted by Crippen LogP contribution is -2.43. The first-order chi connectivity index (χ1) is 13.7. The lowest BCUT2D eigenvalue weighted by molar-refractivity contribution is 0.0975. The van der Waals surface area contributed by atoms with E-state index in [0.717, 1.165) is 27.7 Å². The van der Waals surface area contributed by atoms with Crippen molar-refractivity contribution in [2.24, 2.45) is 0 Å². The quantitative estimate of drug-likeness (QED) is 0.442. The maximum Gasteiger partial charge on any atom is 0.262 e. The molecule has 3 nitrogen and oxygen atoms in total. The molecule has 28 heavy (non-hydrogen) atoms. The summed E-state index contributed by atoms with van der Waals surface area (Å²) < 4.78 is 0. The number of halogens is 1. The molecule has 0 fully saturated rings. The van der Waals surface area contributed by atoms with E-state index in [1.165, 1.54) is 0 Å². The highest BCUT2D eigenvalue weighted by molar-refractivity contribution is 6.30. The maximum absolute atomic E-state index is 13.5. The summed E-state index contributed by atoms with van der Waals surface area (Å²) in [5, 5.41) is 6.47. The molecule has 1 unspecified atom stereocenters. The Morgan fingerprint density at radius 3 is 2.36 bits per heavy atom. The van der Waals surface area contributed by atoms with Gasteiger partial charge in [0.15, 0.2) is 0 Å². The number of carbonyl (C=O) groups excluding carboxylic acids is 1. The van der Waals surface area contributed by atoms with Crippen LogP contribution in [0.1, 0.15) is 22.1 Å². The van der Waals surface area contributed by atoms with Crippen molar-refractivity contribution >= 4 is 39.7 Å². The van der Waals surface area contributed by atoms with E-state index >= 15 is 0 Å². The van der Waals surface area contributed by atoms with E-state index in [1.54, 1.807) is 4.90 Å². The molecule has 4 heteroatoms. The minimum atomic E-state index is -0.324. The molecule has 0 spiro atoms.